The number of aromatic amines is 1. The van der Waals surface area contributed by atoms with Gasteiger partial charge in [0.05, 0.1) is 25.3 Å². The Kier molecular flexibility index (Phi) is 10.9. The van der Waals surface area contributed by atoms with Gasteiger partial charge in [0.1, 0.15) is 11.4 Å². The van der Waals surface area contributed by atoms with Crippen LogP contribution in [0.15, 0.2) is 102 Å². The first-order valence-electron chi connectivity index (χ1n) is 16.2. The number of nitrogens with one attached hydrogen (secondary N) is 3. The van der Waals surface area contributed by atoms with E-state index in [4.69, 9.17) is 4.74 Å². The molecule has 0 bridgehead atoms. The van der Waals surface area contributed by atoms with Crippen molar-refractivity contribution in [1.29, 1.82) is 0 Å². The number of aliphatic hydroxyl groups is 1. The largest absolute Gasteiger partial charge is 0.497 e. The quantitative estimate of drug-likeness (QED) is 0.163. The van der Waals surface area contributed by atoms with Crippen LogP contribution in [0, 0.1) is 0 Å². The highest BCUT2D eigenvalue weighted by molar-refractivity contribution is 5.98. The number of carbonyl (C=O) groups excluding carboxylic acids is 2. The van der Waals surface area contributed by atoms with Crippen LogP contribution < -0.4 is 20.9 Å². The van der Waals surface area contributed by atoms with E-state index in [1.807, 2.05) is 85.8 Å². The molecule has 0 radical (unpaired) electrons. The summed E-state index contributed by atoms with van der Waals surface area (Å²) >= 11 is 0. The minimum Gasteiger partial charge on any atom is -0.497 e. The summed E-state index contributed by atoms with van der Waals surface area (Å²) in [6.07, 6.45) is 4.07. The van der Waals surface area contributed by atoms with Gasteiger partial charge in [0.15, 0.2) is 0 Å². The van der Waals surface area contributed by atoms with Gasteiger partial charge in [-0.05, 0) is 54.7 Å². The van der Waals surface area contributed by atoms with Gasteiger partial charge in [-0.25, -0.2) is 0 Å². The van der Waals surface area contributed by atoms with Crippen molar-refractivity contribution in [3.63, 3.8) is 0 Å². The zero-order chi connectivity index (χ0) is 33.4. The predicted octanol–water partition coefficient (Wildman–Crippen LogP) is 5.50. The fourth-order valence-electron chi connectivity index (χ4n) is 6.47. The van der Waals surface area contributed by atoms with Gasteiger partial charge in [-0.1, -0.05) is 92.1 Å². The standard InChI is InChI=1S/C38H44N4O5/c1-26(27-14-7-4-8-15-27)42(2)37(46)29-22-32(40-34(44)23-29)36(45)41-35(28-16-9-5-10-17-28)33(43)25-39-38(20-11-6-12-21-38)30-18-13-19-31(24-30)47-3/h4-5,7-10,13-19,22-24,26,33,35,39,43H,6,11-12,20-21,25H2,1-3H3,(H,40,44)(H,41,45)/t26-,33-,35+/m1/s1. The Morgan fingerprint density at radius 1 is 0.915 bits per heavy atom. The lowest BCUT2D eigenvalue weighted by Gasteiger charge is -2.40. The third-order valence-corrected chi connectivity index (χ3v) is 9.33. The van der Waals surface area contributed by atoms with Gasteiger partial charge in [0.2, 0.25) is 5.56 Å². The first kappa shape index (κ1) is 33.6. The molecule has 1 heterocycles. The number of pyridine rings is 1. The first-order valence-corrected chi connectivity index (χ1v) is 16.2. The number of aromatic nitrogens is 1. The topological polar surface area (TPSA) is 124 Å². The summed E-state index contributed by atoms with van der Waals surface area (Å²) in [5.74, 6) is -0.219. The highest BCUT2D eigenvalue weighted by Gasteiger charge is 2.35. The number of nitrogens with zero attached hydrogens (tertiary/aromatic N) is 1. The Morgan fingerprint density at radius 3 is 2.23 bits per heavy atom. The van der Waals surface area contributed by atoms with Crippen molar-refractivity contribution in [3.05, 3.63) is 135 Å². The van der Waals surface area contributed by atoms with Crippen LogP contribution in [0.1, 0.15) is 88.6 Å². The van der Waals surface area contributed by atoms with Crippen molar-refractivity contribution in [2.45, 2.75) is 62.8 Å². The van der Waals surface area contributed by atoms with Crippen molar-refractivity contribution >= 4 is 11.8 Å². The zero-order valence-electron chi connectivity index (χ0n) is 27.2. The average molecular weight is 637 g/mol. The molecular formula is C38H44N4O5. The molecule has 5 rings (SSSR count). The number of amides is 2. The van der Waals surface area contributed by atoms with Crippen LogP contribution in [0.25, 0.3) is 0 Å². The molecule has 0 aliphatic heterocycles. The van der Waals surface area contributed by atoms with Gasteiger partial charge < -0.3 is 30.4 Å². The summed E-state index contributed by atoms with van der Waals surface area (Å²) in [5, 5.41) is 18.3. The molecule has 9 nitrogen and oxygen atoms in total. The molecule has 1 aliphatic carbocycles. The first-order chi connectivity index (χ1) is 22.7. The van der Waals surface area contributed by atoms with Crippen molar-refractivity contribution < 1.29 is 19.4 Å². The molecule has 9 heteroatoms. The second-order valence-electron chi connectivity index (χ2n) is 12.3. The Balaban J connectivity index is 1.36. The fraction of sp³-hybridized carbons (Fsp3) is 0.342. The number of methoxy groups -OCH3 is 1. The van der Waals surface area contributed by atoms with Crippen molar-refractivity contribution in [2.75, 3.05) is 20.7 Å². The van der Waals surface area contributed by atoms with Gasteiger partial charge in [0, 0.05) is 30.8 Å². The number of benzene rings is 3. The number of aliphatic hydroxyl groups excluding tert-OH is 1. The number of rotatable bonds is 12. The van der Waals surface area contributed by atoms with Crippen LogP contribution in [-0.2, 0) is 5.54 Å². The molecule has 2 amide bonds. The number of carbonyl (C=O) groups is 2. The summed E-state index contributed by atoms with van der Waals surface area (Å²) in [4.78, 5) is 43.9. The summed E-state index contributed by atoms with van der Waals surface area (Å²) in [5.41, 5.74) is 1.87. The monoisotopic (exact) mass is 636 g/mol. The molecule has 1 saturated carbocycles. The average Bonchev–Trinajstić information content (AvgIpc) is 3.12. The van der Waals surface area contributed by atoms with E-state index in [2.05, 4.69) is 21.7 Å². The molecule has 1 aromatic heterocycles. The van der Waals surface area contributed by atoms with E-state index in [-0.39, 0.29) is 35.3 Å². The zero-order valence-corrected chi connectivity index (χ0v) is 27.2. The molecule has 4 N–H and O–H groups in total. The molecule has 1 aliphatic rings. The SMILES string of the molecule is COc1cccc(C2(NC[C@@H](O)[C@@H](NC(=O)c3cc(C(=O)N(C)[C@H](C)c4ccccc4)cc(=O)[nH]3)c3ccccc3)CCCCC2)c1. The maximum absolute atomic E-state index is 13.7. The van der Waals surface area contributed by atoms with Gasteiger partial charge in [-0.15, -0.1) is 0 Å². The highest BCUT2D eigenvalue weighted by atomic mass is 16.5. The van der Waals surface area contributed by atoms with Crippen molar-refractivity contribution in [3.8, 4) is 5.75 Å². The number of hydrogen-bond acceptors (Lipinski definition) is 6. The summed E-state index contributed by atoms with van der Waals surface area (Å²) in [6, 6.07) is 28.4. The summed E-state index contributed by atoms with van der Waals surface area (Å²) in [7, 11) is 3.32. The molecule has 1 fully saturated rings. The predicted molar refractivity (Wildman–Crippen MR) is 182 cm³/mol. The molecule has 0 saturated heterocycles. The molecule has 47 heavy (non-hydrogen) atoms. The lowest BCUT2D eigenvalue weighted by molar-refractivity contribution is 0.0742. The molecular weight excluding hydrogens is 592 g/mol. The van der Waals surface area contributed by atoms with Crippen molar-refractivity contribution in [1.82, 2.24) is 20.5 Å². The summed E-state index contributed by atoms with van der Waals surface area (Å²) in [6.45, 7) is 2.11. The molecule has 3 atom stereocenters. The maximum atomic E-state index is 13.7. The van der Waals surface area contributed by atoms with Crippen LogP contribution in [0.4, 0.5) is 0 Å². The molecule has 246 valence electrons. The number of ether oxygens (including phenoxy) is 1. The van der Waals surface area contributed by atoms with E-state index in [0.717, 1.165) is 49.0 Å². The molecule has 0 spiro atoms. The minimum absolute atomic E-state index is 0.0668. The fourth-order valence-corrected chi connectivity index (χ4v) is 6.47. The van der Waals surface area contributed by atoms with Crippen LogP contribution in [0.5, 0.6) is 5.75 Å². The Labute approximate surface area is 276 Å². The highest BCUT2D eigenvalue weighted by Crippen LogP contribution is 2.38. The lowest BCUT2D eigenvalue weighted by atomic mass is 9.76. The van der Waals surface area contributed by atoms with E-state index in [1.165, 1.54) is 17.0 Å². The Morgan fingerprint density at radius 2 is 1.57 bits per heavy atom. The van der Waals surface area contributed by atoms with E-state index < -0.39 is 23.6 Å². The normalized spacial score (nSPS) is 16.0. The number of H-pyrrole nitrogens is 1. The van der Waals surface area contributed by atoms with Crippen LogP contribution in [0.2, 0.25) is 0 Å². The second-order valence-corrected chi connectivity index (χ2v) is 12.3. The molecule has 0 unspecified atom stereocenters. The van der Waals surface area contributed by atoms with Gasteiger partial charge in [0.25, 0.3) is 11.8 Å². The van der Waals surface area contributed by atoms with Crippen LogP contribution in [-0.4, -0.2) is 53.6 Å². The maximum Gasteiger partial charge on any atom is 0.268 e. The smallest absolute Gasteiger partial charge is 0.268 e. The van der Waals surface area contributed by atoms with E-state index in [9.17, 15) is 19.5 Å². The van der Waals surface area contributed by atoms with E-state index in [0.29, 0.717) is 5.56 Å². The van der Waals surface area contributed by atoms with E-state index >= 15 is 0 Å². The number of hydrogen-bond donors (Lipinski definition) is 4. The third kappa shape index (κ3) is 7.99. The summed E-state index contributed by atoms with van der Waals surface area (Å²) < 4.78 is 5.50. The Bertz CT molecular complexity index is 1700. The van der Waals surface area contributed by atoms with Crippen LogP contribution >= 0.6 is 0 Å². The Hall–Kier alpha value is -4.73. The lowest BCUT2D eigenvalue weighted by Crippen LogP contribution is -2.50. The van der Waals surface area contributed by atoms with Crippen molar-refractivity contribution in [2.24, 2.45) is 0 Å². The second kappa shape index (κ2) is 15.2. The molecule has 3 aromatic carbocycles. The third-order valence-electron chi connectivity index (χ3n) is 9.33. The van der Waals surface area contributed by atoms with Crippen LogP contribution in [0.3, 0.4) is 0 Å². The van der Waals surface area contributed by atoms with Gasteiger partial charge in [-0.2, -0.15) is 0 Å². The van der Waals surface area contributed by atoms with Gasteiger partial charge >= 0.3 is 0 Å². The molecule has 4 aromatic rings. The van der Waals surface area contributed by atoms with E-state index in [1.54, 1.807) is 14.2 Å². The minimum atomic E-state index is -1.01. The van der Waals surface area contributed by atoms with Gasteiger partial charge in [-0.3, -0.25) is 14.4 Å².